The number of nitrogens with zero attached hydrogens (tertiary/aromatic N) is 3. The van der Waals surface area contributed by atoms with E-state index in [1.165, 1.54) is 16.8 Å². The topological polar surface area (TPSA) is 70.8 Å². The average Bonchev–Trinajstić information content (AvgIpc) is 3.67. The molecule has 5 rings (SSSR count). The highest BCUT2D eigenvalue weighted by Gasteiger charge is 2.21. The molecule has 1 atom stereocenters. The Morgan fingerprint density at radius 1 is 1.05 bits per heavy atom. The van der Waals surface area contributed by atoms with Crippen LogP contribution in [-0.2, 0) is 4.74 Å². The highest BCUT2D eigenvalue weighted by atomic mass is 32.1. The first kappa shape index (κ1) is 25.2. The van der Waals surface area contributed by atoms with Crippen LogP contribution in [0.15, 0.2) is 89.1 Å². The van der Waals surface area contributed by atoms with Gasteiger partial charge in [0, 0.05) is 54.8 Å². The number of nitrogens with one attached hydrogen (secondary N) is 1. The van der Waals surface area contributed by atoms with Gasteiger partial charge in [0.05, 0.1) is 19.4 Å². The maximum Gasteiger partial charge on any atom is 0.321 e. The molecular weight excluding hydrogens is 484 g/mol. The number of urea groups is 1. The first-order valence-electron chi connectivity index (χ1n) is 12.7. The zero-order chi connectivity index (χ0) is 25.3. The molecule has 0 radical (unpaired) electrons. The fraction of sp³-hybridized carbons (Fsp3) is 0.310. The Hall–Kier alpha value is -3.46. The number of anilines is 1. The molecule has 0 spiro atoms. The molecule has 0 aliphatic carbocycles. The van der Waals surface area contributed by atoms with E-state index in [9.17, 15) is 4.79 Å². The van der Waals surface area contributed by atoms with E-state index in [1.807, 2.05) is 35.2 Å². The van der Waals surface area contributed by atoms with Gasteiger partial charge in [0.1, 0.15) is 0 Å². The smallest absolute Gasteiger partial charge is 0.321 e. The summed E-state index contributed by atoms with van der Waals surface area (Å²) in [6, 6.07) is 22.4. The van der Waals surface area contributed by atoms with Gasteiger partial charge in [0.25, 0.3) is 0 Å². The van der Waals surface area contributed by atoms with Gasteiger partial charge in [-0.15, -0.1) is 11.3 Å². The van der Waals surface area contributed by atoms with Crippen molar-refractivity contribution in [3.8, 4) is 11.3 Å². The molecule has 1 N–H and O–H groups in total. The molecule has 37 heavy (non-hydrogen) atoms. The maximum absolute atomic E-state index is 13.6. The fourth-order valence-corrected chi connectivity index (χ4v) is 5.54. The van der Waals surface area contributed by atoms with Crippen LogP contribution in [0.25, 0.3) is 11.3 Å². The molecule has 192 valence electrons. The third-order valence-electron chi connectivity index (χ3n) is 6.68. The van der Waals surface area contributed by atoms with Crippen LogP contribution in [0, 0.1) is 0 Å². The van der Waals surface area contributed by atoms with E-state index in [4.69, 9.17) is 9.15 Å². The van der Waals surface area contributed by atoms with E-state index in [0.29, 0.717) is 18.8 Å². The molecule has 1 saturated heterocycles. The second kappa shape index (κ2) is 12.7. The minimum atomic E-state index is -0.0963. The van der Waals surface area contributed by atoms with Crippen molar-refractivity contribution in [2.75, 3.05) is 51.3 Å². The van der Waals surface area contributed by atoms with Crippen LogP contribution >= 0.6 is 11.3 Å². The normalized spacial score (nSPS) is 14.8. The lowest BCUT2D eigenvalue weighted by Crippen LogP contribution is -2.44. The maximum atomic E-state index is 13.6. The molecule has 1 fully saturated rings. The van der Waals surface area contributed by atoms with E-state index in [2.05, 4.69) is 57.0 Å². The molecule has 2 aromatic carbocycles. The Labute approximate surface area is 221 Å². The zero-order valence-corrected chi connectivity index (χ0v) is 21.6. The summed E-state index contributed by atoms with van der Waals surface area (Å²) in [7, 11) is 0. The van der Waals surface area contributed by atoms with E-state index in [0.717, 1.165) is 50.5 Å². The highest BCUT2D eigenvalue weighted by Crippen LogP contribution is 2.31. The van der Waals surface area contributed by atoms with Crippen LogP contribution in [0.4, 0.5) is 10.5 Å². The predicted molar refractivity (Wildman–Crippen MR) is 147 cm³/mol. The number of carbonyl (C=O) groups is 1. The summed E-state index contributed by atoms with van der Waals surface area (Å²) < 4.78 is 10.9. The number of thiophene rings is 1. The standard InChI is InChI=1S/C29H32N4O3S/c34-29(31-25-9-4-8-24(20-25)27-21-30-22-36-27)33(14-13-32-15-17-35-18-16-32)12-11-26(28-10-5-19-37-28)23-6-2-1-3-7-23/h1-10,19-22,26H,11-18H2,(H,31,34). The van der Waals surface area contributed by atoms with Crippen LogP contribution in [0.5, 0.6) is 0 Å². The second-order valence-electron chi connectivity index (χ2n) is 9.09. The van der Waals surface area contributed by atoms with Gasteiger partial charge in [-0.05, 0) is 35.6 Å². The fourth-order valence-electron chi connectivity index (χ4n) is 4.65. The lowest BCUT2D eigenvalue weighted by molar-refractivity contribution is 0.0351. The molecular formula is C29H32N4O3S. The molecule has 7 nitrogen and oxygen atoms in total. The van der Waals surface area contributed by atoms with Crippen molar-refractivity contribution in [1.82, 2.24) is 14.8 Å². The summed E-state index contributed by atoms with van der Waals surface area (Å²) in [4.78, 5) is 23.2. The number of benzene rings is 2. The van der Waals surface area contributed by atoms with Gasteiger partial charge in [0.2, 0.25) is 0 Å². The Kier molecular flexibility index (Phi) is 8.63. The lowest BCUT2D eigenvalue weighted by atomic mass is 9.94. The van der Waals surface area contributed by atoms with Crippen molar-refractivity contribution in [1.29, 1.82) is 0 Å². The van der Waals surface area contributed by atoms with Gasteiger partial charge in [-0.1, -0.05) is 48.5 Å². The summed E-state index contributed by atoms with van der Waals surface area (Å²) >= 11 is 1.77. The van der Waals surface area contributed by atoms with Crippen LogP contribution in [0.2, 0.25) is 0 Å². The monoisotopic (exact) mass is 516 g/mol. The number of aromatic nitrogens is 1. The lowest BCUT2D eigenvalue weighted by Gasteiger charge is -2.31. The minimum Gasteiger partial charge on any atom is -0.444 e. The van der Waals surface area contributed by atoms with Crippen LogP contribution < -0.4 is 5.32 Å². The summed E-state index contributed by atoms with van der Waals surface area (Å²) in [6.07, 6.45) is 3.92. The van der Waals surface area contributed by atoms with Gasteiger partial charge in [-0.25, -0.2) is 9.78 Å². The van der Waals surface area contributed by atoms with Crippen LogP contribution in [0.1, 0.15) is 22.8 Å². The van der Waals surface area contributed by atoms with Gasteiger partial charge in [-0.3, -0.25) is 4.90 Å². The molecule has 1 unspecified atom stereocenters. The number of amides is 2. The molecule has 1 aliphatic heterocycles. The number of carbonyl (C=O) groups excluding carboxylic acids is 1. The van der Waals surface area contributed by atoms with E-state index < -0.39 is 0 Å². The predicted octanol–water partition coefficient (Wildman–Crippen LogP) is 5.79. The summed E-state index contributed by atoms with van der Waals surface area (Å²) in [5.41, 5.74) is 2.88. The molecule has 2 amide bonds. The largest absolute Gasteiger partial charge is 0.444 e. The highest BCUT2D eigenvalue weighted by molar-refractivity contribution is 7.10. The number of ether oxygens (including phenoxy) is 1. The molecule has 0 bridgehead atoms. The van der Waals surface area contributed by atoms with Gasteiger partial charge in [-0.2, -0.15) is 0 Å². The SMILES string of the molecule is O=C(Nc1cccc(-c2cnco2)c1)N(CCC(c1ccccc1)c1cccs1)CCN1CCOCC1. The Bertz CT molecular complexity index is 1230. The van der Waals surface area contributed by atoms with Crippen LogP contribution in [0.3, 0.4) is 0 Å². The van der Waals surface area contributed by atoms with Crippen LogP contribution in [-0.4, -0.2) is 66.8 Å². The number of rotatable bonds is 10. The summed E-state index contributed by atoms with van der Waals surface area (Å²) in [5, 5.41) is 5.24. The Morgan fingerprint density at radius 3 is 2.68 bits per heavy atom. The quantitative estimate of drug-likeness (QED) is 0.289. The summed E-state index contributed by atoms with van der Waals surface area (Å²) in [6.45, 7) is 5.41. The first-order chi connectivity index (χ1) is 18.3. The third kappa shape index (κ3) is 6.85. The molecule has 0 saturated carbocycles. The molecule has 4 aromatic rings. The first-order valence-corrected chi connectivity index (χ1v) is 13.6. The Morgan fingerprint density at radius 2 is 1.92 bits per heavy atom. The van der Waals surface area contributed by atoms with E-state index in [-0.39, 0.29) is 11.9 Å². The number of oxazole rings is 1. The third-order valence-corrected chi connectivity index (χ3v) is 7.67. The molecule has 8 heteroatoms. The zero-order valence-electron chi connectivity index (χ0n) is 20.8. The van der Waals surface area contributed by atoms with Crippen molar-refractivity contribution in [3.05, 3.63) is 95.1 Å². The number of hydrogen-bond acceptors (Lipinski definition) is 6. The van der Waals surface area contributed by atoms with Crippen molar-refractivity contribution in [2.45, 2.75) is 12.3 Å². The van der Waals surface area contributed by atoms with Crippen molar-refractivity contribution in [2.24, 2.45) is 0 Å². The molecule has 1 aliphatic rings. The molecule has 2 aromatic heterocycles. The van der Waals surface area contributed by atoms with E-state index >= 15 is 0 Å². The molecule has 3 heterocycles. The number of hydrogen-bond donors (Lipinski definition) is 1. The van der Waals surface area contributed by atoms with Crippen molar-refractivity contribution in [3.63, 3.8) is 0 Å². The van der Waals surface area contributed by atoms with Gasteiger partial charge < -0.3 is 19.4 Å². The van der Waals surface area contributed by atoms with Gasteiger partial charge >= 0.3 is 6.03 Å². The van der Waals surface area contributed by atoms with Gasteiger partial charge in [0.15, 0.2) is 12.2 Å². The van der Waals surface area contributed by atoms with Crippen molar-refractivity contribution < 1.29 is 13.9 Å². The average molecular weight is 517 g/mol. The van der Waals surface area contributed by atoms with Crippen molar-refractivity contribution >= 4 is 23.1 Å². The summed E-state index contributed by atoms with van der Waals surface area (Å²) in [5.74, 6) is 0.914. The minimum absolute atomic E-state index is 0.0963. The Balaban J connectivity index is 1.30. The second-order valence-corrected chi connectivity index (χ2v) is 10.1. The van der Waals surface area contributed by atoms with E-state index in [1.54, 1.807) is 17.5 Å². The number of morpholine rings is 1.